The number of carbonyl (C=O) groups is 1. The summed E-state index contributed by atoms with van der Waals surface area (Å²) in [5.41, 5.74) is 5.03. The average Bonchev–Trinajstić information content (AvgIpc) is 3.39. The standard InChI is InChI=1S/C25H34N6O/c1-25(2,3)31-16-19(14-26-31)15-28-10-12-29(13-11-28)18-24(32)30-9-8-23-21(17-30)20-6-4-5-7-22(20)27-23/h4-7,14,16,27H,8-13,15,17-18H2,1-3H3. The van der Waals surface area contributed by atoms with E-state index in [1.54, 1.807) is 0 Å². The van der Waals surface area contributed by atoms with Crippen molar-refractivity contribution in [1.82, 2.24) is 29.5 Å². The Hall–Kier alpha value is -2.64. The van der Waals surface area contributed by atoms with Crippen LogP contribution >= 0.6 is 0 Å². The molecule has 1 amide bonds. The van der Waals surface area contributed by atoms with Gasteiger partial charge in [-0.2, -0.15) is 5.10 Å². The topological polar surface area (TPSA) is 60.4 Å². The van der Waals surface area contributed by atoms with E-state index < -0.39 is 0 Å². The second-order valence-corrected chi connectivity index (χ2v) is 10.2. The van der Waals surface area contributed by atoms with Crippen LogP contribution in [0.1, 0.15) is 37.6 Å². The van der Waals surface area contributed by atoms with Crippen molar-refractivity contribution < 1.29 is 4.79 Å². The number of hydrogen-bond acceptors (Lipinski definition) is 4. The molecule has 0 bridgehead atoms. The van der Waals surface area contributed by atoms with Gasteiger partial charge in [0.15, 0.2) is 0 Å². The zero-order valence-electron chi connectivity index (χ0n) is 19.5. The molecule has 0 saturated carbocycles. The van der Waals surface area contributed by atoms with Crippen LogP contribution in [0.4, 0.5) is 0 Å². The van der Waals surface area contributed by atoms with Crippen molar-refractivity contribution in [3.63, 3.8) is 0 Å². The van der Waals surface area contributed by atoms with E-state index in [0.717, 1.165) is 52.2 Å². The van der Waals surface area contributed by atoms with Gasteiger partial charge in [-0.3, -0.25) is 19.3 Å². The average molecular weight is 435 g/mol. The van der Waals surface area contributed by atoms with E-state index in [-0.39, 0.29) is 11.4 Å². The molecular formula is C25H34N6O. The van der Waals surface area contributed by atoms with Crippen LogP contribution in [0.25, 0.3) is 10.9 Å². The maximum Gasteiger partial charge on any atom is 0.237 e. The number of amides is 1. The number of carbonyl (C=O) groups excluding carboxylic acids is 1. The van der Waals surface area contributed by atoms with Crippen LogP contribution in [0.5, 0.6) is 0 Å². The fourth-order valence-corrected chi connectivity index (χ4v) is 4.84. The molecule has 7 nitrogen and oxygen atoms in total. The van der Waals surface area contributed by atoms with E-state index in [4.69, 9.17) is 0 Å². The maximum atomic E-state index is 13.1. The normalized spacial score (nSPS) is 18.3. The number of benzene rings is 1. The summed E-state index contributed by atoms with van der Waals surface area (Å²) in [7, 11) is 0. The minimum Gasteiger partial charge on any atom is -0.358 e. The zero-order chi connectivity index (χ0) is 22.3. The van der Waals surface area contributed by atoms with Crippen molar-refractivity contribution in [1.29, 1.82) is 0 Å². The van der Waals surface area contributed by atoms with Crippen molar-refractivity contribution in [3.8, 4) is 0 Å². The van der Waals surface area contributed by atoms with Gasteiger partial charge in [-0.1, -0.05) is 18.2 Å². The number of para-hydroxylation sites is 1. The molecular weight excluding hydrogens is 400 g/mol. The third kappa shape index (κ3) is 4.32. The number of nitrogens with one attached hydrogen (secondary N) is 1. The van der Waals surface area contributed by atoms with Gasteiger partial charge in [0.1, 0.15) is 0 Å². The van der Waals surface area contributed by atoms with Crippen LogP contribution in [0, 0.1) is 0 Å². The summed E-state index contributed by atoms with van der Waals surface area (Å²) in [5, 5.41) is 5.77. The summed E-state index contributed by atoms with van der Waals surface area (Å²) in [6.07, 6.45) is 5.05. The molecule has 1 N–H and O–H groups in total. The van der Waals surface area contributed by atoms with Gasteiger partial charge in [0.25, 0.3) is 0 Å². The van der Waals surface area contributed by atoms with Gasteiger partial charge in [0, 0.05) is 86.2 Å². The Morgan fingerprint density at radius 3 is 2.56 bits per heavy atom. The van der Waals surface area contributed by atoms with Crippen LogP contribution in [0.15, 0.2) is 36.7 Å². The number of aromatic nitrogens is 3. The Balaban J connectivity index is 1.13. The SMILES string of the molecule is CC(C)(C)n1cc(CN2CCN(CC(=O)N3CCc4[nH]c5ccccc5c4C3)CC2)cn1. The molecule has 2 aliphatic rings. The van der Waals surface area contributed by atoms with Gasteiger partial charge in [0.05, 0.1) is 18.3 Å². The lowest BCUT2D eigenvalue weighted by atomic mass is 10.0. The van der Waals surface area contributed by atoms with Crippen molar-refractivity contribution in [3.05, 3.63) is 53.5 Å². The molecule has 3 aromatic rings. The summed E-state index contributed by atoms with van der Waals surface area (Å²) in [4.78, 5) is 23.4. The Morgan fingerprint density at radius 1 is 1.06 bits per heavy atom. The van der Waals surface area contributed by atoms with E-state index >= 15 is 0 Å². The molecule has 0 spiro atoms. The first-order valence-corrected chi connectivity index (χ1v) is 11.7. The molecule has 5 rings (SSSR count). The number of hydrogen-bond donors (Lipinski definition) is 1. The van der Waals surface area contributed by atoms with E-state index in [9.17, 15) is 4.79 Å². The Morgan fingerprint density at radius 2 is 1.81 bits per heavy atom. The Bertz CT molecular complexity index is 1100. The highest BCUT2D eigenvalue weighted by Gasteiger charge is 2.26. The maximum absolute atomic E-state index is 13.1. The van der Waals surface area contributed by atoms with Gasteiger partial charge in [-0.15, -0.1) is 0 Å². The molecule has 32 heavy (non-hydrogen) atoms. The molecule has 1 saturated heterocycles. The molecule has 0 aliphatic carbocycles. The lowest BCUT2D eigenvalue weighted by Crippen LogP contribution is -2.50. The molecule has 7 heteroatoms. The molecule has 1 aromatic carbocycles. The minimum absolute atomic E-state index is 0.0131. The van der Waals surface area contributed by atoms with Crippen molar-refractivity contribution >= 4 is 16.8 Å². The van der Waals surface area contributed by atoms with Crippen LogP contribution in [-0.4, -0.2) is 74.6 Å². The second-order valence-electron chi connectivity index (χ2n) is 10.2. The fraction of sp³-hybridized carbons (Fsp3) is 0.520. The molecule has 2 aromatic heterocycles. The Labute approximate surface area is 190 Å². The lowest BCUT2D eigenvalue weighted by Gasteiger charge is -2.36. The first-order chi connectivity index (χ1) is 15.4. The first kappa shape index (κ1) is 21.2. The smallest absolute Gasteiger partial charge is 0.237 e. The van der Waals surface area contributed by atoms with Gasteiger partial charge < -0.3 is 9.88 Å². The highest BCUT2D eigenvalue weighted by Crippen LogP contribution is 2.27. The molecule has 0 atom stereocenters. The number of fused-ring (bicyclic) bond motifs is 3. The number of nitrogens with zero attached hydrogens (tertiary/aromatic N) is 5. The number of rotatable bonds is 4. The number of H-pyrrole nitrogens is 1. The zero-order valence-corrected chi connectivity index (χ0v) is 19.5. The van der Waals surface area contributed by atoms with E-state index in [1.165, 1.54) is 27.7 Å². The summed E-state index contributed by atoms with van der Waals surface area (Å²) in [6, 6.07) is 8.41. The minimum atomic E-state index is 0.0131. The third-order valence-electron chi connectivity index (χ3n) is 6.79. The molecule has 0 unspecified atom stereocenters. The lowest BCUT2D eigenvalue weighted by molar-refractivity contribution is -0.133. The summed E-state index contributed by atoms with van der Waals surface area (Å²) in [5.74, 6) is 0.251. The Kier molecular flexibility index (Phi) is 5.55. The summed E-state index contributed by atoms with van der Waals surface area (Å²) < 4.78 is 2.04. The predicted molar refractivity (Wildman–Crippen MR) is 126 cm³/mol. The first-order valence-electron chi connectivity index (χ1n) is 11.7. The predicted octanol–water partition coefficient (Wildman–Crippen LogP) is 2.82. The fourth-order valence-electron chi connectivity index (χ4n) is 4.84. The summed E-state index contributed by atoms with van der Waals surface area (Å²) >= 11 is 0. The molecule has 170 valence electrons. The monoisotopic (exact) mass is 434 g/mol. The third-order valence-corrected chi connectivity index (χ3v) is 6.79. The van der Waals surface area contributed by atoms with Crippen molar-refractivity contribution in [2.75, 3.05) is 39.3 Å². The van der Waals surface area contributed by atoms with Gasteiger partial charge >= 0.3 is 0 Å². The van der Waals surface area contributed by atoms with Crippen LogP contribution in [0.3, 0.4) is 0 Å². The largest absolute Gasteiger partial charge is 0.358 e. The van der Waals surface area contributed by atoms with Gasteiger partial charge in [-0.25, -0.2) is 0 Å². The van der Waals surface area contributed by atoms with Gasteiger partial charge in [-0.05, 0) is 26.8 Å². The molecule has 2 aliphatic heterocycles. The summed E-state index contributed by atoms with van der Waals surface area (Å²) in [6.45, 7) is 13.3. The van der Waals surface area contributed by atoms with Crippen LogP contribution in [-0.2, 0) is 29.8 Å². The van der Waals surface area contributed by atoms with E-state index in [2.05, 4.69) is 71.1 Å². The molecule has 4 heterocycles. The van der Waals surface area contributed by atoms with E-state index in [1.807, 2.05) is 15.8 Å². The number of aromatic amines is 1. The quantitative estimate of drug-likeness (QED) is 0.686. The van der Waals surface area contributed by atoms with Gasteiger partial charge in [0.2, 0.25) is 5.91 Å². The highest BCUT2D eigenvalue weighted by atomic mass is 16.2. The van der Waals surface area contributed by atoms with E-state index in [0.29, 0.717) is 6.54 Å². The molecule has 0 radical (unpaired) electrons. The number of piperazine rings is 1. The van der Waals surface area contributed by atoms with Crippen molar-refractivity contribution in [2.45, 2.75) is 45.8 Å². The highest BCUT2D eigenvalue weighted by molar-refractivity contribution is 5.86. The van der Waals surface area contributed by atoms with Crippen molar-refractivity contribution in [2.24, 2.45) is 0 Å². The van der Waals surface area contributed by atoms with Crippen LogP contribution < -0.4 is 0 Å². The van der Waals surface area contributed by atoms with Crippen LogP contribution in [0.2, 0.25) is 0 Å². The second kappa shape index (κ2) is 8.37. The molecule has 1 fully saturated rings.